The fraction of sp³-hybridized carbons (Fsp3) is 0.316. The van der Waals surface area contributed by atoms with Crippen molar-refractivity contribution in [1.29, 1.82) is 0 Å². The number of nitrogens with two attached hydrogens (primary N) is 1. The number of aryl methyl sites for hydroxylation is 1. The molecule has 1 aliphatic rings. The number of anilines is 1. The van der Waals surface area contributed by atoms with E-state index >= 15 is 0 Å². The second kappa shape index (κ2) is 6.82. The molecule has 11 heteroatoms. The zero-order valence-corrected chi connectivity index (χ0v) is 17.4. The van der Waals surface area contributed by atoms with Crippen molar-refractivity contribution in [3.63, 3.8) is 0 Å². The van der Waals surface area contributed by atoms with Crippen LogP contribution < -0.4 is 5.73 Å². The van der Waals surface area contributed by atoms with E-state index in [-0.39, 0.29) is 26.8 Å². The van der Waals surface area contributed by atoms with Gasteiger partial charge in [0.1, 0.15) is 10.5 Å². The van der Waals surface area contributed by atoms with Crippen LogP contribution in [0.2, 0.25) is 0 Å². The summed E-state index contributed by atoms with van der Waals surface area (Å²) < 4.78 is 54.4. The second-order valence-electron chi connectivity index (χ2n) is 7.34. The molecule has 4 aromatic rings. The Morgan fingerprint density at radius 3 is 2.73 bits per heavy atom. The first-order chi connectivity index (χ1) is 14.2. The fourth-order valence-corrected chi connectivity index (χ4v) is 6.80. The molecule has 1 atom stereocenters. The van der Waals surface area contributed by atoms with Crippen LogP contribution in [0.3, 0.4) is 0 Å². The van der Waals surface area contributed by atoms with Crippen LogP contribution in [-0.2, 0) is 24.4 Å². The van der Waals surface area contributed by atoms with Crippen molar-refractivity contribution >= 4 is 49.5 Å². The molecule has 0 aromatic carbocycles. The minimum atomic E-state index is -4.61. The van der Waals surface area contributed by atoms with E-state index in [2.05, 4.69) is 15.1 Å². The highest BCUT2D eigenvalue weighted by atomic mass is 32.2. The SMILES string of the molecule is Cn1cc2cc(-c3cc(C(F)(F)F)c4c(N)c([S+](O)C5CCC5)sc4n3)cnc2n1. The summed E-state index contributed by atoms with van der Waals surface area (Å²) in [4.78, 5) is 8.87. The Labute approximate surface area is 176 Å². The van der Waals surface area contributed by atoms with Gasteiger partial charge in [0.25, 0.3) is 4.21 Å². The van der Waals surface area contributed by atoms with Crippen molar-refractivity contribution in [2.24, 2.45) is 7.05 Å². The standard InChI is InChI=1S/C19H17F3N5OS2/c1-27-8-10-5-9(7-24-16(10)26-27)13-6-12(19(20,21)22)14-15(23)18(29-17(14)25-13)30(28)11-3-2-4-11/h5-8,11,28H,2-4,23H2,1H3/q+1. The number of hydrogen-bond donors (Lipinski definition) is 2. The molecule has 156 valence electrons. The molecule has 1 saturated carbocycles. The maximum atomic E-state index is 13.9. The van der Waals surface area contributed by atoms with Gasteiger partial charge in [0.2, 0.25) is 0 Å². The van der Waals surface area contributed by atoms with Crippen LogP contribution in [0.1, 0.15) is 24.8 Å². The van der Waals surface area contributed by atoms with Gasteiger partial charge in [0.05, 0.1) is 16.6 Å². The first kappa shape index (κ1) is 19.6. The van der Waals surface area contributed by atoms with Crippen LogP contribution in [0.4, 0.5) is 18.9 Å². The second-order valence-corrected chi connectivity index (χ2v) is 10.3. The number of thiophene rings is 1. The third kappa shape index (κ3) is 3.12. The van der Waals surface area contributed by atoms with E-state index in [1.807, 2.05) is 0 Å². The lowest BCUT2D eigenvalue weighted by Crippen LogP contribution is -2.28. The lowest BCUT2D eigenvalue weighted by atomic mass is 10.0. The molecule has 0 amide bonds. The highest BCUT2D eigenvalue weighted by molar-refractivity contribution is 7.94. The highest BCUT2D eigenvalue weighted by Crippen LogP contribution is 2.47. The minimum Gasteiger partial charge on any atom is -0.393 e. The zero-order chi connectivity index (χ0) is 21.2. The summed E-state index contributed by atoms with van der Waals surface area (Å²) in [5.41, 5.74) is 6.37. The molecule has 4 aromatic heterocycles. The molecule has 0 spiro atoms. The molecular formula is C19H17F3N5OS2+. The van der Waals surface area contributed by atoms with Gasteiger partial charge in [0, 0.05) is 30.4 Å². The molecule has 0 saturated heterocycles. The molecule has 5 rings (SSSR count). The van der Waals surface area contributed by atoms with Gasteiger partial charge in [-0.1, -0.05) is 11.3 Å². The van der Waals surface area contributed by atoms with Crippen molar-refractivity contribution in [3.05, 3.63) is 30.1 Å². The van der Waals surface area contributed by atoms with E-state index in [9.17, 15) is 17.7 Å². The normalized spacial score (nSPS) is 16.3. The highest BCUT2D eigenvalue weighted by Gasteiger charge is 2.43. The van der Waals surface area contributed by atoms with Crippen molar-refractivity contribution in [1.82, 2.24) is 19.7 Å². The average Bonchev–Trinajstić information content (AvgIpc) is 3.17. The number of fused-ring (bicyclic) bond motifs is 2. The molecule has 6 nitrogen and oxygen atoms in total. The van der Waals surface area contributed by atoms with Gasteiger partial charge in [0.15, 0.2) is 22.1 Å². The van der Waals surface area contributed by atoms with E-state index in [0.717, 1.165) is 36.7 Å². The zero-order valence-electron chi connectivity index (χ0n) is 15.8. The van der Waals surface area contributed by atoms with Gasteiger partial charge >= 0.3 is 6.18 Å². The summed E-state index contributed by atoms with van der Waals surface area (Å²) in [5, 5.41) is 4.82. The summed E-state index contributed by atoms with van der Waals surface area (Å²) in [5.74, 6) is 0. The van der Waals surface area contributed by atoms with Crippen LogP contribution in [0.25, 0.3) is 32.5 Å². The molecule has 3 N–H and O–H groups in total. The first-order valence-corrected chi connectivity index (χ1v) is 11.3. The number of pyridine rings is 2. The Morgan fingerprint density at radius 2 is 2.07 bits per heavy atom. The number of hydrogen-bond acceptors (Lipinski definition) is 6. The number of rotatable bonds is 3. The molecule has 1 aliphatic carbocycles. The quantitative estimate of drug-likeness (QED) is 0.434. The van der Waals surface area contributed by atoms with Gasteiger partial charge in [-0.25, -0.2) is 9.97 Å². The van der Waals surface area contributed by atoms with Crippen molar-refractivity contribution < 1.29 is 17.7 Å². The van der Waals surface area contributed by atoms with Crippen LogP contribution in [-0.4, -0.2) is 29.6 Å². The predicted molar refractivity (Wildman–Crippen MR) is 112 cm³/mol. The van der Waals surface area contributed by atoms with Crippen LogP contribution in [0.5, 0.6) is 0 Å². The number of alkyl halides is 3. The number of aromatic nitrogens is 4. The topological polar surface area (TPSA) is 89.8 Å². The Balaban J connectivity index is 1.71. The summed E-state index contributed by atoms with van der Waals surface area (Å²) in [7, 11) is 1.75. The average molecular weight is 453 g/mol. The smallest absolute Gasteiger partial charge is 0.393 e. The molecule has 0 radical (unpaired) electrons. The maximum absolute atomic E-state index is 13.9. The minimum absolute atomic E-state index is 0.0139. The Bertz CT molecular complexity index is 1280. The summed E-state index contributed by atoms with van der Waals surface area (Å²) in [6.07, 6.45) is 1.32. The van der Waals surface area contributed by atoms with Gasteiger partial charge in [-0.2, -0.15) is 22.8 Å². The first-order valence-electron chi connectivity index (χ1n) is 9.24. The maximum Gasteiger partial charge on any atom is 0.417 e. The van der Waals surface area contributed by atoms with Crippen molar-refractivity contribution in [2.75, 3.05) is 5.73 Å². The van der Waals surface area contributed by atoms with Crippen LogP contribution in [0.15, 0.2) is 28.7 Å². The van der Waals surface area contributed by atoms with Gasteiger partial charge in [-0.3, -0.25) is 4.68 Å². The third-order valence-corrected chi connectivity index (χ3v) is 8.66. The Hall–Kier alpha value is -2.37. The molecular weight excluding hydrogens is 435 g/mol. The predicted octanol–water partition coefficient (Wildman–Crippen LogP) is 4.85. The molecule has 1 fully saturated rings. The van der Waals surface area contributed by atoms with Crippen molar-refractivity contribution in [3.8, 4) is 11.3 Å². The van der Waals surface area contributed by atoms with E-state index in [1.54, 1.807) is 24.0 Å². The van der Waals surface area contributed by atoms with Gasteiger partial charge < -0.3 is 5.73 Å². The summed E-state index contributed by atoms with van der Waals surface area (Å²) in [6, 6.07) is 2.72. The molecule has 1 unspecified atom stereocenters. The lowest BCUT2D eigenvalue weighted by Gasteiger charge is -2.20. The van der Waals surface area contributed by atoms with Gasteiger partial charge in [-0.05, 0) is 31.4 Å². The monoisotopic (exact) mass is 452 g/mol. The molecule has 0 bridgehead atoms. The van der Waals surface area contributed by atoms with Crippen LogP contribution in [0, 0.1) is 0 Å². The number of halogens is 3. The molecule has 0 aliphatic heterocycles. The summed E-state index contributed by atoms with van der Waals surface area (Å²) in [6.45, 7) is 0. The van der Waals surface area contributed by atoms with E-state index < -0.39 is 22.9 Å². The van der Waals surface area contributed by atoms with Crippen LogP contribution >= 0.6 is 11.3 Å². The number of nitrogen functional groups attached to an aromatic ring is 1. The fourth-order valence-electron chi connectivity index (χ4n) is 3.55. The van der Waals surface area contributed by atoms with E-state index in [0.29, 0.717) is 20.8 Å². The van der Waals surface area contributed by atoms with E-state index in [4.69, 9.17) is 5.73 Å². The number of nitrogens with zero attached hydrogens (tertiary/aromatic N) is 4. The largest absolute Gasteiger partial charge is 0.417 e. The molecule has 4 heterocycles. The Kier molecular flexibility index (Phi) is 4.46. The Morgan fingerprint density at radius 1 is 1.30 bits per heavy atom. The third-order valence-electron chi connectivity index (χ3n) is 5.30. The van der Waals surface area contributed by atoms with Crippen molar-refractivity contribution in [2.45, 2.75) is 34.9 Å². The molecule has 30 heavy (non-hydrogen) atoms. The summed E-state index contributed by atoms with van der Waals surface area (Å²) >= 11 is -0.129. The van der Waals surface area contributed by atoms with Gasteiger partial charge in [-0.15, -0.1) is 0 Å². The van der Waals surface area contributed by atoms with E-state index in [1.165, 1.54) is 6.20 Å². The lowest BCUT2D eigenvalue weighted by molar-refractivity contribution is -0.136.